The van der Waals surface area contributed by atoms with E-state index in [-0.39, 0.29) is 5.91 Å². The lowest BCUT2D eigenvalue weighted by Gasteiger charge is -2.14. The molecule has 0 fully saturated rings. The highest BCUT2D eigenvalue weighted by Gasteiger charge is 2.13. The first-order chi connectivity index (χ1) is 8.63. The number of hydrogen-bond donors (Lipinski definition) is 2. The summed E-state index contributed by atoms with van der Waals surface area (Å²) in [5.74, 6) is 0.586. The zero-order valence-electron chi connectivity index (χ0n) is 10.7. The second kappa shape index (κ2) is 8.11. The highest BCUT2D eigenvalue weighted by atomic mass is 79.9. The highest BCUT2D eigenvalue weighted by molar-refractivity contribution is 9.10. The number of nitrogens with one attached hydrogen (secondary N) is 2. The minimum Gasteiger partial charge on any atom is -0.481 e. The summed E-state index contributed by atoms with van der Waals surface area (Å²) in [5.41, 5.74) is 0. The number of amides is 1. The van der Waals surface area contributed by atoms with Crippen LogP contribution in [0.4, 0.5) is 0 Å². The minimum atomic E-state index is -0.493. The Kier molecular flexibility index (Phi) is 6.75. The van der Waals surface area contributed by atoms with E-state index >= 15 is 0 Å². The Morgan fingerprint density at radius 1 is 1.33 bits per heavy atom. The second-order valence-electron chi connectivity index (χ2n) is 3.86. The zero-order chi connectivity index (χ0) is 13.4. The van der Waals surface area contributed by atoms with Crippen LogP contribution in [0.15, 0.2) is 28.7 Å². The van der Waals surface area contributed by atoms with Gasteiger partial charge in [0.05, 0.1) is 0 Å². The van der Waals surface area contributed by atoms with Crippen molar-refractivity contribution in [2.24, 2.45) is 0 Å². The fourth-order valence-corrected chi connectivity index (χ4v) is 1.63. The van der Waals surface area contributed by atoms with E-state index < -0.39 is 6.10 Å². The third-order valence-electron chi connectivity index (χ3n) is 2.35. The van der Waals surface area contributed by atoms with Gasteiger partial charge in [-0.3, -0.25) is 4.79 Å². The molecule has 0 bridgehead atoms. The number of hydrogen-bond acceptors (Lipinski definition) is 3. The molecule has 0 spiro atoms. The SMILES string of the molecule is CCNCCNC(=O)C(C)Oc1ccc(Br)cc1. The fraction of sp³-hybridized carbons (Fsp3) is 0.462. The van der Waals surface area contributed by atoms with Gasteiger partial charge in [0.2, 0.25) is 0 Å². The van der Waals surface area contributed by atoms with Gasteiger partial charge in [0.25, 0.3) is 5.91 Å². The molecule has 1 rings (SSSR count). The minimum absolute atomic E-state index is 0.101. The Morgan fingerprint density at radius 3 is 2.61 bits per heavy atom. The number of ether oxygens (including phenoxy) is 1. The third kappa shape index (κ3) is 5.51. The molecular weight excluding hydrogens is 296 g/mol. The quantitative estimate of drug-likeness (QED) is 0.756. The standard InChI is InChI=1S/C13H19BrN2O2/c1-3-15-8-9-16-13(17)10(2)18-12-6-4-11(14)5-7-12/h4-7,10,15H,3,8-9H2,1-2H3,(H,16,17). The largest absolute Gasteiger partial charge is 0.481 e. The van der Waals surface area contributed by atoms with E-state index in [2.05, 4.69) is 26.6 Å². The smallest absolute Gasteiger partial charge is 0.260 e. The first-order valence-corrected chi connectivity index (χ1v) is 6.83. The van der Waals surface area contributed by atoms with E-state index in [0.717, 1.165) is 17.6 Å². The summed E-state index contributed by atoms with van der Waals surface area (Å²) >= 11 is 3.35. The molecule has 1 amide bonds. The molecule has 5 heteroatoms. The van der Waals surface area contributed by atoms with E-state index in [9.17, 15) is 4.79 Å². The molecule has 2 N–H and O–H groups in total. The Hall–Kier alpha value is -1.07. The Labute approximate surface area is 116 Å². The van der Waals surface area contributed by atoms with Crippen LogP contribution < -0.4 is 15.4 Å². The number of carbonyl (C=O) groups is 1. The summed E-state index contributed by atoms with van der Waals surface area (Å²) < 4.78 is 6.52. The molecule has 1 aromatic carbocycles. The van der Waals surface area contributed by atoms with Gasteiger partial charge in [0.1, 0.15) is 5.75 Å². The van der Waals surface area contributed by atoms with Gasteiger partial charge >= 0.3 is 0 Å². The van der Waals surface area contributed by atoms with Crippen molar-refractivity contribution >= 4 is 21.8 Å². The van der Waals surface area contributed by atoms with Crippen LogP contribution in [0.3, 0.4) is 0 Å². The number of benzene rings is 1. The maximum Gasteiger partial charge on any atom is 0.260 e. The summed E-state index contributed by atoms with van der Waals surface area (Å²) in [6, 6.07) is 7.41. The lowest BCUT2D eigenvalue weighted by Crippen LogP contribution is -2.39. The summed E-state index contributed by atoms with van der Waals surface area (Å²) in [7, 11) is 0. The second-order valence-corrected chi connectivity index (χ2v) is 4.77. The Bertz CT molecular complexity index is 368. The molecule has 1 unspecified atom stereocenters. The van der Waals surface area contributed by atoms with Crippen molar-refractivity contribution in [2.75, 3.05) is 19.6 Å². The first kappa shape index (κ1) is 15.0. The highest BCUT2D eigenvalue weighted by Crippen LogP contribution is 2.17. The van der Waals surface area contributed by atoms with Gasteiger partial charge in [-0.25, -0.2) is 0 Å². The summed E-state index contributed by atoms with van der Waals surface area (Å²) in [6.45, 7) is 6.06. The molecule has 1 aromatic rings. The van der Waals surface area contributed by atoms with E-state index in [4.69, 9.17) is 4.74 Å². The van der Waals surface area contributed by atoms with Crippen molar-refractivity contribution in [3.63, 3.8) is 0 Å². The summed E-state index contributed by atoms with van der Waals surface area (Å²) in [6.07, 6.45) is -0.493. The van der Waals surface area contributed by atoms with Crippen LogP contribution in [0.1, 0.15) is 13.8 Å². The van der Waals surface area contributed by atoms with Crippen molar-refractivity contribution in [3.8, 4) is 5.75 Å². The topological polar surface area (TPSA) is 50.4 Å². The van der Waals surface area contributed by atoms with Crippen molar-refractivity contribution in [3.05, 3.63) is 28.7 Å². The Balaban J connectivity index is 2.33. The van der Waals surface area contributed by atoms with Crippen LogP contribution in [-0.4, -0.2) is 31.6 Å². The lowest BCUT2D eigenvalue weighted by atomic mass is 10.3. The van der Waals surface area contributed by atoms with Crippen LogP contribution in [0.25, 0.3) is 0 Å². The monoisotopic (exact) mass is 314 g/mol. The lowest BCUT2D eigenvalue weighted by molar-refractivity contribution is -0.127. The maximum absolute atomic E-state index is 11.7. The average molecular weight is 315 g/mol. The molecule has 0 saturated heterocycles. The number of rotatable bonds is 7. The molecule has 18 heavy (non-hydrogen) atoms. The van der Waals surface area contributed by atoms with Crippen LogP contribution in [0.5, 0.6) is 5.75 Å². The molecule has 0 aliphatic carbocycles. The molecule has 0 aliphatic heterocycles. The molecule has 0 heterocycles. The van der Waals surface area contributed by atoms with E-state index in [1.807, 2.05) is 31.2 Å². The zero-order valence-corrected chi connectivity index (χ0v) is 12.3. The molecule has 0 aliphatic rings. The van der Waals surface area contributed by atoms with Gasteiger partial charge in [-0.2, -0.15) is 0 Å². The summed E-state index contributed by atoms with van der Waals surface area (Å²) in [4.78, 5) is 11.7. The number of halogens is 1. The molecule has 0 aromatic heterocycles. The number of likely N-dealkylation sites (N-methyl/N-ethyl adjacent to an activating group) is 1. The van der Waals surface area contributed by atoms with E-state index in [1.54, 1.807) is 6.92 Å². The summed E-state index contributed by atoms with van der Waals surface area (Å²) in [5, 5.41) is 5.95. The molecule has 100 valence electrons. The van der Waals surface area contributed by atoms with Crippen LogP contribution >= 0.6 is 15.9 Å². The fourth-order valence-electron chi connectivity index (χ4n) is 1.37. The van der Waals surface area contributed by atoms with Crippen molar-refractivity contribution in [1.29, 1.82) is 0 Å². The van der Waals surface area contributed by atoms with Crippen molar-refractivity contribution in [2.45, 2.75) is 20.0 Å². The molecule has 1 atom stereocenters. The molecular formula is C13H19BrN2O2. The molecule has 0 saturated carbocycles. The van der Waals surface area contributed by atoms with E-state index in [0.29, 0.717) is 12.3 Å². The van der Waals surface area contributed by atoms with Gasteiger partial charge in [-0.1, -0.05) is 22.9 Å². The Morgan fingerprint density at radius 2 is 2.00 bits per heavy atom. The van der Waals surface area contributed by atoms with Gasteiger partial charge in [-0.05, 0) is 37.7 Å². The van der Waals surface area contributed by atoms with Crippen molar-refractivity contribution < 1.29 is 9.53 Å². The van der Waals surface area contributed by atoms with Crippen LogP contribution in [-0.2, 0) is 4.79 Å². The van der Waals surface area contributed by atoms with Gasteiger partial charge in [0, 0.05) is 17.6 Å². The molecule has 0 radical (unpaired) electrons. The predicted octanol–water partition coefficient (Wildman–Crippen LogP) is 1.94. The van der Waals surface area contributed by atoms with Crippen LogP contribution in [0, 0.1) is 0 Å². The van der Waals surface area contributed by atoms with Crippen LogP contribution in [0.2, 0.25) is 0 Å². The average Bonchev–Trinajstić information content (AvgIpc) is 2.37. The van der Waals surface area contributed by atoms with Gasteiger partial charge in [-0.15, -0.1) is 0 Å². The number of carbonyl (C=O) groups excluding carboxylic acids is 1. The normalized spacial score (nSPS) is 11.9. The first-order valence-electron chi connectivity index (χ1n) is 6.04. The molecule has 4 nitrogen and oxygen atoms in total. The maximum atomic E-state index is 11.7. The van der Waals surface area contributed by atoms with Gasteiger partial charge < -0.3 is 15.4 Å². The predicted molar refractivity (Wildman–Crippen MR) is 75.8 cm³/mol. The van der Waals surface area contributed by atoms with Crippen molar-refractivity contribution in [1.82, 2.24) is 10.6 Å². The third-order valence-corrected chi connectivity index (χ3v) is 2.88. The van der Waals surface area contributed by atoms with Gasteiger partial charge in [0.15, 0.2) is 6.10 Å². The van der Waals surface area contributed by atoms with E-state index in [1.165, 1.54) is 0 Å².